The molecule has 0 saturated carbocycles. The average molecular weight is 270 g/mol. The molecule has 1 rings (SSSR count). The van der Waals surface area contributed by atoms with Crippen molar-refractivity contribution in [3.05, 3.63) is 0 Å². The average Bonchev–Trinajstić information content (AvgIpc) is 2.41. The van der Waals surface area contributed by atoms with Gasteiger partial charge in [-0.05, 0) is 14.1 Å². The number of amides is 2. The van der Waals surface area contributed by atoms with E-state index in [0.717, 1.165) is 4.90 Å². The maximum Gasteiger partial charge on any atom is 1.00 e. The Labute approximate surface area is 123 Å². The Hall–Kier alpha value is 0.290. The van der Waals surface area contributed by atoms with Crippen LogP contribution in [-0.4, -0.2) is 54.7 Å². The fraction of sp³-hybridized carbons (Fsp3) is 0.778. The number of nitrogens with zero attached hydrogens (tertiary/aromatic N) is 2. The third kappa shape index (κ3) is 5.64. The van der Waals surface area contributed by atoms with Crippen molar-refractivity contribution in [1.82, 2.24) is 9.80 Å². The molecule has 0 bridgehead atoms. The Morgan fingerprint density at radius 2 is 1.76 bits per heavy atom. The van der Waals surface area contributed by atoms with Crippen molar-refractivity contribution in [2.24, 2.45) is 0 Å². The fourth-order valence-corrected chi connectivity index (χ4v) is 3.13. The van der Waals surface area contributed by atoms with Crippen LogP contribution in [0.4, 0.5) is 0 Å². The van der Waals surface area contributed by atoms with E-state index in [1.807, 2.05) is 0 Å². The molecule has 1 saturated heterocycles. The fourth-order valence-electron chi connectivity index (χ4n) is 1.63. The van der Waals surface area contributed by atoms with E-state index in [-0.39, 0.29) is 73.2 Å². The normalized spacial score (nSPS) is 19.4. The topological polar surface area (TPSA) is 80.8 Å². The molecule has 17 heavy (non-hydrogen) atoms. The third-order valence-electron chi connectivity index (χ3n) is 2.32. The van der Waals surface area contributed by atoms with Crippen molar-refractivity contribution < 1.29 is 48.6 Å². The Kier molecular flexibility index (Phi) is 7.14. The predicted molar refractivity (Wildman–Crippen MR) is 57.0 cm³/mol. The van der Waals surface area contributed by atoms with Crippen molar-refractivity contribution >= 4 is 19.2 Å². The van der Waals surface area contributed by atoms with Gasteiger partial charge in [-0.3, -0.25) is 14.5 Å². The van der Waals surface area contributed by atoms with Gasteiger partial charge in [0, 0.05) is 39.2 Å². The smallest absolute Gasteiger partial charge is 0.798 e. The molecule has 8 heteroatoms. The summed E-state index contributed by atoms with van der Waals surface area (Å²) in [6.45, 7) is -0.00765. The molecule has 92 valence electrons. The van der Waals surface area contributed by atoms with Gasteiger partial charge in [0.15, 0.2) is 0 Å². The number of hydrogen-bond donors (Lipinski definition) is 0. The zero-order valence-corrected chi connectivity index (χ0v) is 13.4. The third-order valence-corrected chi connectivity index (χ3v) is 4.20. The number of imide groups is 1. The largest absolute Gasteiger partial charge is 1.00 e. The maximum atomic E-state index is 11.5. The number of hydrogen-bond acceptors (Lipinski definition) is 5. The van der Waals surface area contributed by atoms with E-state index < -0.39 is 7.37 Å². The van der Waals surface area contributed by atoms with E-state index in [4.69, 9.17) is 0 Å². The molecule has 0 N–H and O–H groups in total. The first-order valence-electron chi connectivity index (χ1n) is 5.09. The Bertz CT molecular complexity index is 332. The van der Waals surface area contributed by atoms with Crippen molar-refractivity contribution in [3.8, 4) is 0 Å². The molecular formula is C9H16N2NaO4P. The van der Waals surface area contributed by atoms with Gasteiger partial charge in [0.2, 0.25) is 11.8 Å². The molecule has 0 aromatic rings. The minimum Gasteiger partial charge on any atom is -0.798 e. The van der Waals surface area contributed by atoms with Crippen LogP contribution < -0.4 is 34.5 Å². The number of rotatable bonds is 5. The first-order valence-corrected chi connectivity index (χ1v) is 7.08. The Morgan fingerprint density at radius 1 is 1.29 bits per heavy atom. The number of carbonyl (C=O) groups excluding carboxylic acids is 2. The van der Waals surface area contributed by atoms with Crippen LogP contribution in [0.25, 0.3) is 0 Å². The first-order chi connectivity index (χ1) is 7.32. The zero-order valence-electron chi connectivity index (χ0n) is 10.5. The van der Waals surface area contributed by atoms with E-state index in [1.165, 1.54) is 0 Å². The summed E-state index contributed by atoms with van der Waals surface area (Å²) in [5.74, 6) is -0.537. The Balaban J connectivity index is 0.00000256. The van der Waals surface area contributed by atoms with Crippen LogP contribution >= 0.6 is 7.37 Å². The molecule has 0 aromatic carbocycles. The van der Waals surface area contributed by atoms with Crippen molar-refractivity contribution in [2.45, 2.75) is 12.8 Å². The second-order valence-corrected chi connectivity index (χ2v) is 6.56. The zero-order chi connectivity index (χ0) is 12.3. The molecule has 1 heterocycles. The molecule has 1 atom stereocenters. The van der Waals surface area contributed by atoms with E-state index in [2.05, 4.69) is 0 Å². The van der Waals surface area contributed by atoms with E-state index in [1.54, 1.807) is 19.0 Å². The Morgan fingerprint density at radius 3 is 2.18 bits per heavy atom. The van der Waals surface area contributed by atoms with Gasteiger partial charge in [-0.1, -0.05) is 0 Å². The summed E-state index contributed by atoms with van der Waals surface area (Å²) < 4.78 is 11.5. The van der Waals surface area contributed by atoms with Crippen LogP contribution in [0.15, 0.2) is 0 Å². The van der Waals surface area contributed by atoms with Crippen LogP contribution in [0.3, 0.4) is 0 Å². The molecule has 1 unspecified atom stereocenters. The van der Waals surface area contributed by atoms with Crippen LogP contribution in [0.5, 0.6) is 0 Å². The minimum atomic E-state index is -3.52. The number of likely N-dealkylation sites (tertiary alicyclic amines) is 1. The van der Waals surface area contributed by atoms with Crippen molar-refractivity contribution in [3.63, 3.8) is 0 Å². The molecule has 1 aliphatic heterocycles. The second kappa shape index (κ2) is 7.02. The molecule has 2 amide bonds. The number of carbonyl (C=O) groups is 2. The van der Waals surface area contributed by atoms with E-state index in [0.29, 0.717) is 0 Å². The van der Waals surface area contributed by atoms with Crippen LogP contribution in [0.2, 0.25) is 0 Å². The van der Waals surface area contributed by atoms with Gasteiger partial charge in [0.05, 0.1) is 0 Å². The predicted octanol–water partition coefficient (Wildman–Crippen LogP) is -3.70. The minimum absolute atomic E-state index is 0. The molecular weight excluding hydrogens is 254 g/mol. The summed E-state index contributed by atoms with van der Waals surface area (Å²) in [6, 6.07) is 0. The van der Waals surface area contributed by atoms with Gasteiger partial charge < -0.3 is 14.4 Å². The summed E-state index contributed by atoms with van der Waals surface area (Å²) >= 11 is 0. The van der Waals surface area contributed by atoms with Gasteiger partial charge in [-0.2, -0.15) is 0 Å². The summed E-state index contributed by atoms with van der Waals surface area (Å²) in [5.41, 5.74) is 0. The second-order valence-electron chi connectivity index (χ2n) is 4.20. The van der Waals surface area contributed by atoms with Crippen molar-refractivity contribution in [1.29, 1.82) is 0 Å². The molecule has 0 aromatic heterocycles. The summed E-state index contributed by atoms with van der Waals surface area (Å²) in [7, 11) is -0.198. The molecule has 0 spiro atoms. The monoisotopic (exact) mass is 270 g/mol. The quantitative estimate of drug-likeness (QED) is 0.292. The SMILES string of the molecule is CN(C)CP(=O)([O-])CCN1C(=O)CCC1=O.[Na+]. The van der Waals surface area contributed by atoms with Crippen LogP contribution in [-0.2, 0) is 14.2 Å². The van der Waals surface area contributed by atoms with Gasteiger partial charge >= 0.3 is 29.6 Å². The van der Waals surface area contributed by atoms with Crippen molar-refractivity contribution in [2.75, 3.05) is 33.1 Å². The van der Waals surface area contributed by atoms with Gasteiger partial charge in [0.1, 0.15) is 0 Å². The summed E-state index contributed by atoms with van der Waals surface area (Å²) in [5, 5.41) is 0. The van der Waals surface area contributed by atoms with Gasteiger partial charge in [0.25, 0.3) is 0 Å². The van der Waals surface area contributed by atoms with Gasteiger partial charge in [-0.25, -0.2) is 0 Å². The molecule has 0 radical (unpaired) electrons. The standard InChI is InChI=1S/C9H17N2O4P.Na/c1-10(2)7-16(14,15)6-5-11-8(12)3-4-9(11)13;/h3-7H2,1-2H3,(H,14,15);/q;+1/p-1. The summed E-state index contributed by atoms with van der Waals surface area (Å²) in [6.07, 6.45) is 0.233. The van der Waals surface area contributed by atoms with Gasteiger partial charge in [-0.15, -0.1) is 0 Å². The van der Waals surface area contributed by atoms with E-state index >= 15 is 0 Å². The molecule has 1 aliphatic rings. The first kappa shape index (κ1) is 17.3. The summed E-state index contributed by atoms with van der Waals surface area (Å²) in [4.78, 5) is 36.6. The molecule has 0 aliphatic carbocycles. The van der Waals surface area contributed by atoms with E-state index in [9.17, 15) is 19.0 Å². The van der Waals surface area contributed by atoms with Crippen LogP contribution in [0.1, 0.15) is 12.8 Å². The maximum absolute atomic E-state index is 11.5. The molecule has 6 nitrogen and oxygen atoms in total. The molecule has 1 fully saturated rings. The van der Waals surface area contributed by atoms with Crippen LogP contribution in [0, 0.1) is 0 Å².